The number of hydrogen-bond donors (Lipinski definition) is 1. The largest absolute Gasteiger partial charge is 0.316 e. The van der Waals surface area contributed by atoms with Crippen molar-refractivity contribution in [2.24, 2.45) is 5.41 Å². The molecule has 1 atom stereocenters. The summed E-state index contributed by atoms with van der Waals surface area (Å²) in [4.78, 5) is 6.67. The van der Waals surface area contributed by atoms with Gasteiger partial charge in [-0.05, 0) is 31.2 Å². The van der Waals surface area contributed by atoms with Crippen LogP contribution in [-0.2, 0) is 0 Å². The molecule has 5 nitrogen and oxygen atoms in total. The fourth-order valence-electron chi connectivity index (χ4n) is 3.29. The molecule has 0 radical (unpaired) electrons. The molecular weight excluding hydrogens is 226 g/mol. The Labute approximate surface area is 109 Å². The van der Waals surface area contributed by atoms with Gasteiger partial charge in [-0.1, -0.05) is 6.92 Å². The van der Waals surface area contributed by atoms with Crippen molar-refractivity contribution in [1.82, 2.24) is 25.0 Å². The van der Waals surface area contributed by atoms with E-state index in [4.69, 9.17) is 0 Å². The van der Waals surface area contributed by atoms with Crippen LogP contribution in [0.25, 0.3) is 0 Å². The van der Waals surface area contributed by atoms with Crippen molar-refractivity contribution in [2.75, 3.05) is 32.7 Å². The molecule has 3 rings (SSSR count). The zero-order valence-corrected chi connectivity index (χ0v) is 11.2. The van der Waals surface area contributed by atoms with Gasteiger partial charge in [0.15, 0.2) is 0 Å². The minimum Gasteiger partial charge on any atom is -0.316 e. The van der Waals surface area contributed by atoms with Crippen molar-refractivity contribution in [3.63, 3.8) is 0 Å². The third-order valence-corrected chi connectivity index (χ3v) is 4.43. The molecule has 2 aliphatic heterocycles. The Morgan fingerprint density at radius 3 is 2.83 bits per heavy atom. The van der Waals surface area contributed by atoms with Crippen LogP contribution in [0.15, 0.2) is 12.7 Å². The van der Waals surface area contributed by atoms with Crippen molar-refractivity contribution in [1.29, 1.82) is 0 Å². The lowest BCUT2D eigenvalue weighted by atomic mass is 9.88. The molecule has 1 aromatic rings. The topological polar surface area (TPSA) is 46.0 Å². The number of piperidine rings is 1. The molecule has 0 bridgehead atoms. The van der Waals surface area contributed by atoms with Gasteiger partial charge >= 0.3 is 0 Å². The zero-order valence-electron chi connectivity index (χ0n) is 11.2. The molecule has 18 heavy (non-hydrogen) atoms. The maximum Gasteiger partial charge on any atom is 0.137 e. The van der Waals surface area contributed by atoms with Crippen molar-refractivity contribution >= 4 is 0 Å². The van der Waals surface area contributed by atoms with Gasteiger partial charge in [-0.2, -0.15) is 5.10 Å². The van der Waals surface area contributed by atoms with Crippen LogP contribution in [-0.4, -0.2) is 52.4 Å². The van der Waals surface area contributed by atoms with E-state index in [2.05, 4.69) is 27.2 Å². The first-order valence-electron chi connectivity index (χ1n) is 7.02. The normalized spacial score (nSPS) is 30.9. The Hall–Kier alpha value is -0.940. The number of nitrogens with one attached hydrogen (secondary N) is 1. The molecule has 2 aliphatic rings. The number of nitrogens with zero attached hydrogens (tertiary/aromatic N) is 4. The van der Waals surface area contributed by atoms with E-state index < -0.39 is 0 Å². The third kappa shape index (κ3) is 2.57. The van der Waals surface area contributed by atoms with Crippen LogP contribution < -0.4 is 5.32 Å². The SMILES string of the molecule is CC1(CN2CCC(n3cncn3)CC2)CCNC1. The molecule has 0 spiro atoms. The van der Waals surface area contributed by atoms with E-state index in [0.29, 0.717) is 11.5 Å². The molecule has 2 fully saturated rings. The molecular formula is C13H23N5. The fourth-order valence-corrected chi connectivity index (χ4v) is 3.29. The predicted octanol–water partition coefficient (Wildman–Crippen LogP) is 0.915. The molecule has 0 aromatic carbocycles. The summed E-state index contributed by atoms with van der Waals surface area (Å²) in [5, 5.41) is 7.74. The monoisotopic (exact) mass is 249 g/mol. The highest BCUT2D eigenvalue weighted by atomic mass is 15.3. The Morgan fingerprint density at radius 2 is 2.22 bits per heavy atom. The summed E-state index contributed by atoms with van der Waals surface area (Å²) in [7, 11) is 0. The summed E-state index contributed by atoms with van der Waals surface area (Å²) in [5.74, 6) is 0. The second-order valence-corrected chi connectivity index (χ2v) is 6.12. The predicted molar refractivity (Wildman–Crippen MR) is 70.3 cm³/mol. The second kappa shape index (κ2) is 4.97. The summed E-state index contributed by atoms with van der Waals surface area (Å²) in [6.07, 6.45) is 7.20. The van der Waals surface area contributed by atoms with Crippen LogP contribution in [0.5, 0.6) is 0 Å². The van der Waals surface area contributed by atoms with Gasteiger partial charge in [0.2, 0.25) is 0 Å². The Balaban J connectivity index is 1.51. The molecule has 100 valence electrons. The van der Waals surface area contributed by atoms with E-state index in [1.54, 1.807) is 6.33 Å². The quantitative estimate of drug-likeness (QED) is 0.865. The molecule has 0 aliphatic carbocycles. The van der Waals surface area contributed by atoms with Crippen molar-refractivity contribution in [3.8, 4) is 0 Å². The third-order valence-electron chi connectivity index (χ3n) is 4.43. The van der Waals surface area contributed by atoms with Crippen molar-refractivity contribution in [3.05, 3.63) is 12.7 Å². The van der Waals surface area contributed by atoms with Gasteiger partial charge in [-0.3, -0.25) is 0 Å². The molecule has 2 saturated heterocycles. The highest BCUT2D eigenvalue weighted by Gasteiger charge is 2.32. The van der Waals surface area contributed by atoms with E-state index in [1.807, 2.05) is 11.0 Å². The summed E-state index contributed by atoms with van der Waals surface area (Å²) in [6.45, 7) is 8.41. The molecule has 0 amide bonds. The maximum absolute atomic E-state index is 4.26. The van der Waals surface area contributed by atoms with Gasteiger partial charge in [0, 0.05) is 26.2 Å². The average molecular weight is 249 g/mol. The summed E-state index contributed by atoms with van der Waals surface area (Å²) < 4.78 is 2.02. The number of likely N-dealkylation sites (tertiary alicyclic amines) is 1. The fraction of sp³-hybridized carbons (Fsp3) is 0.846. The smallest absolute Gasteiger partial charge is 0.137 e. The first-order valence-corrected chi connectivity index (χ1v) is 7.02. The van der Waals surface area contributed by atoms with Crippen LogP contribution in [0.4, 0.5) is 0 Å². The summed E-state index contributed by atoms with van der Waals surface area (Å²) in [6, 6.07) is 0.554. The van der Waals surface area contributed by atoms with Crippen LogP contribution in [0.1, 0.15) is 32.2 Å². The second-order valence-electron chi connectivity index (χ2n) is 6.12. The van der Waals surface area contributed by atoms with Gasteiger partial charge in [-0.15, -0.1) is 0 Å². The average Bonchev–Trinajstić information content (AvgIpc) is 3.02. The lowest BCUT2D eigenvalue weighted by Gasteiger charge is -2.36. The lowest BCUT2D eigenvalue weighted by Crippen LogP contribution is -2.42. The van der Waals surface area contributed by atoms with Gasteiger partial charge < -0.3 is 10.2 Å². The van der Waals surface area contributed by atoms with Crippen LogP contribution in [0.2, 0.25) is 0 Å². The van der Waals surface area contributed by atoms with E-state index in [1.165, 1.54) is 52.0 Å². The van der Waals surface area contributed by atoms with Crippen LogP contribution in [0, 0.1) is 5.41 Å². The van der Waals surface area contributed by atoms with E-state index in [9.17, 15) is 0 Å². The Kier molecular flexibility index (Phi) is 3.35. The Bertz CT molecular complexity index is 361. The molecule has 0 saturated carbocycles. The highest BCUT2D eigenvalue weighted by molar-refractivity contribution is 4.88. The zero-order chi connectivity index (χ0) is 12.4. The highest BCUT2D eigenvalue weighted by Crippen LogP contribution is 2.28. The molecule has 1 unspecified atom stereocenters. The minimum absolute atomic E-state index is 0.486. The standard InChI is InChI=1S/C13H23N5/c1-13(4-5-14-8-13)9-17-6-2-12(3-7-17)18-11-15-10-16-18/h10-12,14H,2-9H2,1H3. The van der Waals surface area contributed by atoms with Gasteiger partial charge in [0.1, 0.15) is 12.7 Å². The minimum atomic E-state index is 0.486. The molecule has 5 heteroatoms. The van der Waals surface area contributed by atoms with E-state index in [0.717, 1.165) is 0 Å². The van der Waals surface area contributed by atoms with Crippen molar-refractivity contribution in [2.45, 2.75) is 32.2 Å². The summed E-state index contributed by atoms with van der Waals surface area (Å²) in [5.41, 5.74) is 0.486. The maximum atomic E-state index is 4.26. The van der Waals surface area contributed by atoms with Gasteiger partial charge in [0.05, 0.1) is 6.04 Å². The van der Waals surface area contributed by atoms with E-state index >= 15 is 0 Å². The van der Waals surface area contributed by atoms with Gasteiger partial charge in [-0.25, -0.2) is 9.67 Å². The first kappa shape index (κ1) is 12.1. The molecule has 1 aromatic heterocycles. The Morgan fingerprint density at radius 1 is 1.39 bits per heavy atom. The number of aromatic nitrogens is 3. The summed E-state index contributed by atoms with van der Waals surface area (Å²) >= 11 is 0. The molecule has 1 N–H and O–H groups in total. The van der Waals surface area contributed by atoms with Crippen molar-refractivity contribution < 1.29 is 0 Å². The first-order chi connectivity index (χ1) is 8.75. The van der Waals surface area contributed by atoms with Gasteiger partial charge in [0.25, 0.3) is 0 Å². The number of hydrogen-bond acceptors (Lipinski definition) is 4. The lowest BCUT2D eigenvalue weighted by molar-refractivity contribution is 0.127. The molecule has 3 heterocycles. The van der Waals surface area contributed by atoms with Crippen LogP contribution >= 0.6 is 0 Å². The number of rotatable bonds is 3. The van der Waals surface area contributed by atoms with Crippen LogP contribution in [0.3, 0.4) is 0 Å². The van der Waals surface area contributed by atoms with E-state index in [-0.39, 0.29) is 0 Å².